The van der Waals surface area contributed by atoms with Crippen LogP contribution in [0.25, 0.3) is 10.9 Å². The van der Waals surface area contributed by atoms with Gasteiger partial charge in [0.05, 0.1) is 42.5 Å². The molecule has 2 aromatic carbocycles. The van der Waals surface area contributed by atoms with E-state index >= 15 is 0 Å². The summed E-state index contributed by atoms with van der Waals surface area (Å²) in [6.07, 6.45) is -0.284. The molecular weight excluding hydrogens is 399 g/mol. The summed E-state index contributed by atoms with van der Waals surface area (Å²) < 4.78 is 23.9. The third-order valence-corrected chi connectivity index (χ3v) is 4.78. The van der Waals surface area contributed by atoms with Gasteiger partial charge in [0.15, 0.2) is 0 Å². The van der Waals surface area contributed by atoms with E-state index in [9.17, 15) is 14.0 Å². The zero-order chi connectivity index (χ0) is 22.5. The molecule has 0 spiro atoms. The molecule has 1 amide bonds. The molecule has 1 unspecified atom stereocenters. The molecule has 0 aliphatic carbocycles. The van der Waals surface area contributed by atoms with Crippen molar-refractivity contribution in [1.29, 1.82) is 0 Å². The molecule has 0 radical (unpaired) electrons. The molecule has 1 aromatic heterocycles. The highest BCUT2D eigenvalue weighted by Crippen LogP contribution is 2.23. The number of esters is 1. The van der Waals surface area contributed by atoms with E-state index in [1.807, 2.05) is 0 Å². The first-order valence-electron chi connectivity index (χ1n) is 9.98. The number of pyridine rings is 1. The van der Waals surface area contributed by atoms with Crippen molar-refractivity contribution in [3.63, 3.8) is 0 Å². The number of ether oxygens (including phenoxy) is 2. The van der Waals surface area contributed by atoms with Gasteiger partial charge in [0.25, 0.3) is 5.91 Å². The molecule has 0 saturated carbocycles. The van der Waals surface area contributed by atoms with Crippen molar-refractivity contribution in [3.05, 3.63) is 71.2 Å². The van der Waals surface area contributed by atoms with Crippen LogP contribution in [0.4, 0.5) is 4.39 Å². The molecule has 0 saturated heterocycles. The second kappa shape index (κ2) is 9.55. The van der Waals surface area contributed by atoms with E-state index < -0.39 is 12.0 Å². The van der Waals surface area contributed by atoms with Crippen LogP contribution >= 0.6 is 0 Å². The molecule has 162 valence electrons. The van der Waals surface area contributed by atoms with E-state index in [0.717, 1.165) is 5.56 Å². The van der Waals surface area contributed by atoms with Crippen molar-refractivity contribution in [2.24, 2.45) is 0 Å². The van der Waals surface area contributed by atoms with Crippen LogP contribution in [0, 0.1) is 12.7 Å². The predicted molar refractivity (Wildman–Crippen MR) is 115 cm³/mol. The van der Waals surface area contributed by atoms with Gasteiger partial charge in [-0.15, -0.1) is 0 Å². The molecular formula is C24H25FN2O4. The van der Waals surface area contributed by atoms with Crippen LogP contribution in [0.2, 0.25) is 0 Å². The molecule has 6 nitrogen and oxygen atoms in total. The Labute approximate surface area is 180 Å². The number of fused-ring (bicyclic) bond motifs is 1. The van der Waals surface area contributed by atoms with Crippen LogP contribution in [0.15, 0.2) is 48.5 Å². The van der Waals surface area contributed by atoms with Crippen molar-refractivity contribution >= 4 is 22.8 Å². The van der Waals surface area contributed by atoms with Gasteiger partial charge in [0.2, 0.25) is 0 Å². The Morgan fingerprint density at radius 1 is 1.10 bits per heavy atom. The monoisotopic (exact) mass is 424 g/mol. The minimum Gasteiger partial charge on any atom is -0.497 e. The normalized spacial score (nSPS) is 11.9. The Morgan fingerprint density at radius 3 is 2.45 bits per heavy atom. The largest absolute Gasteiger partial charge is 0.497 e. The Morgan fingerprint density at radius 2 is 1.81 bits per heavy atom. The molecule has 3 aromatic rings. The molecule has 0 bridgehead atoms. The van der Waals surface area contributed by atoms with Gasteiger partial charge in [-0.3, -0.25) is 14.6 Å². The number of hydrogen-bond donors (Lipinski definition) is 1. The fourth-order valence-corrected chi connectivity index (χ4v) is 3.27. The van der Waals surface area contributed by atoms with Gasteiger partial charge in [-0.1, -0.05) is 12.1 Å². The molecule has 3 rings (SSSR count). The van der Waals surface area contributed by atoms with Crippen molar-refractivity contribution in [2.75, 3.05) is 7.11 Å². The first-order chi connectivity index (χ1) is 14.8. The van der Waals surface area contributed by atoms with Gasteiger partial charge in [-0.05, 0) is 56.7 Å². The molecule has 0 aliphatic rings. The summed E-state index contributed by atoms with van der Waals surface area (Å²) in [6, 6.07) is 12.4. The standard InChI is InChI=1S/C24H25FN2O4/c1-14(2)31-23(28)13-22(16-6-9-19(30-4)10-7-16)27-24(29)20-11-17-5-8-18(25)12-21(17)26-15(20)3/h5-12,14,22H,13H2,1-4H3,(H,27,29). The van der Waals surface area contributed by atoms with Gasteiger partial charge in [0, 0.05) is 11.5 Å². The zero-order valence-corrected chi connectivity index (χ0v) is 17.9. The second-order valence-electron chi connectivity index (χ2n) is 7.50. The van der Waals surface area contributed by atoms with Gasteiger partial charge in [0.1, 0.15) is 11.6 Å². The topological polar surface area (TPSA) is 77.5 Å². The fraction of sp³-hybridized carbons (Fsp3) is 0.292. The van der Waals surface area contributed by atoms with E-state index in [0.29, 0.717) is 27.9 Å². The highest BCUT2D eigenvalue weighted by atomic mass is 19.1. The van der Waals surface area contributed by atoms with Crippen LogP contribution < -0.4 is 10.1 Å². The number of carbonyl (C=O) groups excluding carboxylic acids is 2. The maximum atomic E-state index is 13.5. The van der Waals surface area contributed by atoms with Crippen molar-refractivity contribution in [1.82, 2.24) is 10.3 Å². The van der Waals surface area contributed by atoms with Crippen molar-refractivity contribution in [3.8, 4) is 5.75 Å². The summed E-state index contributed by atoms with van der Waals surface area (Å²) in [5.41, 5.74) is 2.04. The van der Waals surface area contributed by atoms with Crippen LogP contribution in [0.1, 0.15) is 47.9 Å². The van der Waals surface area contributed by atoms with Crippen LogP contribution in [0.5, 0.6) is 5.75 Å². The van der Waals surface area contributed by atoms with Crippen LogP contribution in [-0.2, 0) is 9.53 Å². The molecule has 31 heavy (non-hydrogen) atoms. The summed E-state index contributed by atoms with van der Waals surface area (Å²) in [4.78, 5) is 29.7. The van der Waals surface area contributed by atoms with Crippen molar-refractivity contribution < 1.29 is 23.5 Å². The molecule has 1 heterocycles. The first-order valence-corrected chi connectivity index (χ1v) is 9.98. The summed E-state index contributed by atoms with van der Waals surface area (Å²) in [7, 11) is 1.57. The summed E-state index contributed by atoms with van der Waals surface area (Å²) >= 11 is 0. The quantitative estimate of drug-likeness (QED) is 0.565. The molecule has 1 atom stereocenters. The number of amides is 1. The Hall–Kier alpha value is -3.48. The van der Waals surface area contributed by atoms with Crippen LogP contribution in [0.3, 0.4) is 0 Å². The number of benzene rings is 2. The lowest BCUT2D eigenvalue weighted by atomic mass is 10.0. The maximum Gasteiger partial charge on any atom is 0.308 e. The Bertz CT molecular complexity index is 1100. The van der Waals surface area contributed by atoms with Gasteiger partial charge >= 0.3 is 5.97 Å². The molecule has 1 N–H and O–H groups in total. The number of halogens is 1. The number of aryl methyl sites for hydroxylation is 1. The number of nitrogens with zero attached hydrogens (tertiary/aromatic N) is 1. The minimum absolute atomic E-state index is 0.0263. The Kier molecular flexibility index (Phi) is 6.84. The summed E-state index contributed by atoms with van der Waals surface area (Å²) in [5, 5.41) is 3.56. The SMILES string of the molecule is COc1ccc(C(CC(=O)OC(C)C)NC(=O)c2cc3ccc(F)cc3nc2C)cc1. The summed E-state index contributed by atoms with van der Waals surface area (Å²) in [5.74, 6) is -0.519. The van der Waals surface area contributed by atoms with E-state index in [-0.39, 0.29) is 24.2 Å². The van der Waals surface area contributed by atoms with Gasteiger partial charge < -0.3 is 14.8 Å². The number of methoxy groups -OCH3 is 1. The van der Waals surface area contributed by atoms with Gasteiger partial charge in [-0.25, -0.2) is 4.39 Å². The van der Waals surface area contributed by atoms with Gasteiger partial charge in [-0.2, -0.15) is 0 Å². The molecule has 0 aliphatic heterocycles. The average molecular weight is 424 g/mol. The van der Waals surface area contributed by atoms with Crippen molar-refractivity contribution in [2.45, 2.75) is 39.3 Å². The smallest absolute Gasteiger partial charge is 0.308 e. The average Bonchev–Trinajstić information content (AvgIpc) is 2.72. The zero-order valence-electron chi connectivity index (χ0n) is 17.9. The predicted octanol–water partition coefficient (Wildman–Crippen LogP) is 4.50. The van der Waals surface area contributed by atoms with E-state index in [1.54, 1.807) is 64.3 Å². The molecule has 7 heteroatoms. The number of carbonyl (C=O) groups is 2. The van der Waals surface area contributed by atoms with E-state index in [1.165, 1.54) is 12.1 Å². The lowest BCUT2D eigenvalue weighted by Gasteiger charge is -2.20. The van der Waals surface area contributed by atoms with E-state index in [4.69, 9.17) is 9.47 Å². The third kappa shape index (κ3) is 5.57. The third-order valence-electron chi connectivity index (χ3n) is 4.78. The number of nitrogens with one attached hydrogen (secondary N) is 1. The number of hydrogen-bond acceptors (Lipinski definition) is 5. The van der Waals surface area contributed by atoms with E-state index in [2.05, 4.69) is 10.3 Å². The highest BCUT2D eigenvalue weighted by Gasteiger charge is 2.22. The summed E-state index contributed by atoms with van der Waals surface area (Å²) in [6.45, 7) is 5.23. The first kappa shape index (κ1) is 22.2. The molecule has 0 fully saturated rings. The fourth-order valence-electron chi connectivity index (χ4n) is 3.27. The lowest BCUT2D eigenvalue weighted by molar-refractivity contribution is -0.147. The van der Waals surface area contributed by atoms with Crippen LogP contribution in [-0.4, -0.2) is 30.1 Å². The number of rotatable bonds is 7. The minimum atomic E-state index is -0.604. The second-order valence-corrected chi connectivity index (χ2v) is 7.50. The maximum absolute atomic E-state index is 13.5. The Balaban J connectivity index is 1.89. The number of aromatic nitrogens is 1. The lowest BCUT2D eigenvalue weighted by Crippen LogP contribution is -2.31. The highest BCUT2D eigenvalue weighted by molar-refractivity contribution is 5.99.